The molecule has 0 atom stereocenters. The highest BCUT2D eigenvalue weighted by Gasteiger charge is 2.21. The highest BCUT2D eigenvalue weighted by molar-refractivity contribution is 6.31. The number of carbonyl (C=O) groups is 2. The molecule has 0 aromatic heterocycles. The smallest absolute Gasteiger partial charge is 0.347 e. The van der Waals surface area contributed by atoms with Crippen LogP contribution in [0.2, 0.25) is 5.02 Å². The first-order valence-electron chi connectivity index (χ1n) is 14.0. The summed E-state index contributed by atoms with van der Waals surface area (Å²) in [4.78, 5) is 27.2. The highest BCUT2D eigenvalue weighted by Crippen LogP contribution is 2.34. The van der Waals surface area contributed by atoms with Crippen molar-refractivity contribution in [3.8, 4) is 17.2 Å². The van der Waals surface area contributed by atoms with Gasteiger partial charge in [0.25, 0.3) is 5.91 Å². The molecular formula is C34H34Cl3N3O5. The molecule has 0 saturated heterocycles. The van der Waals surface area contributed by atoms with Crippen molar-refractivity contribution in [1.82, 2.24) is 0 Å². The lowest BCUT2D eigenvalue weighted by Gasteiger charge is -2.16. The van der Waals surface area contributed by atoms with Gasteiger partial charge in [0.1, 0.15) is 17.1 Å². The van der Waals surface area contributed by atoms with E-state index in [0.717, 1.165) is 21.5 Å². The van der Waals surface area contributed by atoms with Crippen LogP contribution < -0.4 is 31.0 Å². The molecule has 0 saturated carbocycles. The number of carbonyl (C=O) groups excluding carboxylic acids is 2. The van der Waals surface area contributed by atoms with Crippen molar-refractivity contribution in [2.45, 2.75) is 12.8 Å². The van der Waals surface area contributed by atoms with Gasteiger partial charge in [-0.2, -0.15) is 0 Å². The van der Waals surface area contributed by atoms with Gasteiger partial charge in [-0.15, -0.1) is 24.8 Å². The van der Waals surface area contributed by atoms with Crippen molar-refractivity contribution in [3.05, 3.63) is 107 Å². The molecule has 5 rings (SSSR count). The minimum absolute atomic E-state index is 0. The van der Waals surface area contributed by atoms with Crippen LogP contribution in [-0.2, 0) is 0 Å². The number of nitrogens with one attached hydrogen (secondary N) is 1. The van der Waals surface area contributed by atoms with Gasteiger partial charge >= 0.3 is 5.97 Å². The average molecular weight is 671 g/mol. The van der Waals surface area contributed by atoms with E-state index in [9.17, 15) is 9.59 Å². The average Bonchev–Trinajstić information content (AvgIpc) is 3.01. The molecule has 0 fully saturated rings. The van der Waals surface area contributed by atoms with Crippen LogP contribution in [0.5, 0.6) is 17.2 Å². The molecule has 5 N–H and O–H groups in total. The lowest BCUT2D eigenvalue weighted by Crippen LogP contribution is -2.17. The molecule has 45 heavy (non-hydrogen) atoms. The first kappa shape index (κ1) is 35.4. The highest BCUT2D eigenvalue weighted by atomic mass is 35.5. The van der Waals surface area contributed by atoms with Gasteiger partial charge in [-0.25, -0.2) is 4.79 Å². The molecule has 0 aliphatic heterocycles. The van der Waals surface area contributed by atoms with E-state index in [2.05, 4.69) is 5.32 Å². The number of rotatable bonds is 12. The maximum atomic E-state index is 13.6. The summed E-state index contributed by atoms with van der Waals surface area (Å²) in [6, 6.07) is 27.1. The Bertz CT molecular complexity index is 1780. The largest absolute Gasteiger partial charge is 0.493 e. The van der Waals surface area contributed by atoms with E-state index >= 15 is 0 Å². The van der Waals surface area contributed by atoms with Gasteiger partial charge in [-0.3, -0.25) is 4.79 Å². The van der Waals surface area contributed by atoms with Gasteiger partial charge in [0, 0.05) is 11.1 Å². The Labute approximate surface area is 278 Å². The van der Waals surface area contributed by atoms with Crippen LogP contribution in [0.4, 0.5) is 5.69 Å². The molecule has 8 nitrogen and oxygen atoms in total. The predicted molar refractivity (Wildman–Crippen MR) is 185 cm³/mol. The Morgan fingerprint density at radius 3 is 1.67 bits per heavy atom. The zero-order valence-electron chi connectivity index (χ0n) is 24.3. The van der Waals surface area contributed by atoms with Crippen molar-refractivity contribution >= 4 is 75.5 Å². The molecule has 0 aliphatic rings. The number of anilines is 1. The van der Waals surface area contributed by atoms with Crippen molar-refractivity contribution in [2.75, 3.05) is 31.6 Å². The Morgan fingerprint density at radius 1 is 0.644 bits per heavy atom. The zero-order chi connectivity index (χ0) is 30.2. The first-order valence-corrected chi connectivity index (χ1v) is 14.4. The zero-order valence-corrected chi connectivity index (χ0v) is 26.7. The minimum atomic E-state index is -0.664. The van der Waals surface area contributed by atoms with Crippen molar-refractivity contribution in [1.29, 1.82) is 0 Å². The number of hydrogen-bond donors (Lipinski definition) is 3. The number of nitrogens with two attached hydrogens (primary N) is 2. The maximum absolute atomic E-state index is 13.6. The molecule has 11 heteroatoms. The van der Waals surface area contributed by atoms with Crippen LogP contribution in [0.1, 0.15) is 33.6 Å². The summed E-state index contributed by atoms with van der Waals surface area (Å²) in [5.41, 5.74) is 12.1. The van der Waals surface area contributed by atoms with Gasteiger partial charge in [0.05, 0.1) is 24.5 Å². The molecule has 5 aromatic carbocycles. The van der Waals surface area contributed by atoms with E-state index in [1.54, 1.807) is 30.3 Å². The van der Waals surface area contributed by atoms with E-state index in [1.807, 2.05) is 54.6 Å². The summed E-state index contributed by atoms with van der Waals surface area (Å²) in [5.74, 6) is -0.224. The van der Waals surface area contributed by atoms with Gasteiger partial charge in [0.15, 0.2) is 5.75 Å². The van der Waals surface area contributed by atoms with E-state index in [0.29, 0.717) is 61.2 Å². The van der Waals surface area contributed by atoms with Gasteiger partial charge in [-0.1, -0.05) is 60.1 Å². The first-order chi connectivity index (χ1) is 21.0. The van der Waals surface area contributed by atoms with Gasteiger partial charge < -0.3 is 31.0 Å². The summed E-state index contributed by atoms with van der Waals surface area (Å²) < 4.78 is 17.7. The quantitative estimate of drug-likeness (QED) is 0.0717. The third-order valence-corrected chi connectivity index (χ3v) is 7.00. The number of esters is 1. The second-order valence-corrected chi connectivity index (χ2v) is 10.3. The van der Waals surface area contributed by atoms with E-state index in [1.165, 1.54) is 6.07 Å². The summed E-state index contributed by atoms with van der Waals surface area (Å²) in [6.45, 7) is 1.62. The second-order valence-electron chi connectivity index (χ2n) is 9.86. The van der Waals surface area contributed by atoms with E-state index in [4.69, 9.17) is 37.3 Å². The van der Waals surface area contributed by atoms with Crippen LogP contribution in [0, 0.1) is 0 Å². The molecule has 0 radical (unpaired) electrons. The molecule has 1 amide bonds. The van der Waals surface area contributed by atoms with Gasteiger partial charge in [-0.05, 0) is 83.9 Å². The van der Waals surface area contributed by atoms with Crippen LogP contribution in [0.3, 0.4) is 0 Å². The lowest BCUT2D eigenvalue weighted by molar-refractivity contribution is 0.0730. The third-order valence-electron chi connectivity index (χ3n) is 6.77. The number of halogens is 3. The summed E-state index contributed by atoms with van der Waals surface area (Å²) >= 11 is 6.28. The fourth-order valence-electron chi connectivity index (χ4n) is 4.57. The molecule has 0 heterocycles. The predicted octanol–water partition coefficient (Wildman–Crippen LogP) is 7.42. The molecule has 5 aromatic rings. The number of hydrogen-bond acceptors (Lipinski definition) is 7. The third kappa shape index (κ3) is 8.78. The topological polar surface area (TPSA) is 126 Å². The Morgan fingerprint density at radius 2 is 1.13 bits per heavy atom. The Kier molecular flexibility index (Phi) is 13.3. The molecule has 0 bridgehead atoms. The normalized spacial score (nSPS) is 10.5. The lowest BCUT2D eigenvalue weighted by atomic mass is 10.0. The molecule has 0 spiro atoms. The number of fused-ring (bicyclic) bond motifs is 2. The van der Waals surface area contributed by atoms with Gasteiger partial charge in [0.2, 0.25) is 0 Å². The van der Waals surface area contributed by atoms with Crippen molar-refractivity contribution in [3.63, 3.8) is 0 Å². The maximum Gasteiger partial charge on any atom is 0.347 e. The second kappa shape index (κ2) is 16.9. The van der Waals surface area contributed by atoms with Crippen LogP contribution >= 0.6 is 36.4 Å². The van der Waals surface area contributed by atoms with Crippen LogP contribution in [-0.4, -0.2) is 38.2 Å². The molecule has 0 aliphatic carbocycles. The SMILES string of the molecule is Cl.Cl.NCCCOc1cc2ccccc2cc1C(=O)Nc1ccc(Cl)cc1OC(=O)c1cc2ccccc2cc1OCCCN. The number of benzene rings is 5. The molecule has 236 valence electrons. The van der Waals surface area contributed by atoms with Crippen molar-refractivity contribution < 1.29 is 23.8 Å². The van der Waals surface area contributed by atoms with E-state index < -0.39 is 11.9 Å². The Hall–Kier alpha value is -4.05. The monoisotopic (exact) mass is 669 g/mol. The summed E-state index contributed by atoms with van der Waals surface area (Å²) in [7, 11) is 0. The van der Waals surface area contributed by atoms with Crippen LogP contribution in [0.25, 0.3) is 21.5 Å². The van der Waals surface area contributed by atoms with Crippen LogP contribution in [0.15, 0.2) is 91.0 Å². The number of ether oxygens (including phenoxy) is 3. The van der Waals surface area contributed by atoms with E-state index in [-0.39, 0.29) is 41.8 Å². The fraction of sp³-hybridized carbons (Fsp3) is 0.176. The fourth-order valence-corrected chi connectivity index (χ4v) is 4.74. The minimum Gasteiger partial charge on any atom is -0.493 e. The summed E-state index contributed by atoms with van der Waals surface area (Å²) in [6.07, 6.45) is 1.26. The van der Waals surface area contributed by atoms with Crippen molar-refractivity contribution in [2.24, 2.45) is 11.5 Å². The summed E-state index contributed by atoms with van der Waals surface area (Å²) in [5, 5.41) is 6.77. The Balaban J connectivity index is 0.00000276. The molecular weight excluding hydrogens is 637 g/mol. The standard InChI is InChI=1S/C34H32ClN3O5.2ClH/c35-26-11-12-29(38-33(39)27-17-22-7-1-3-9-24(22)19-30(27)41-15-5-13-36)32(21-26)43-34(40)28-18-23-8-2-4-10-25(23)20-31(28)42-16-6-14-37;;/h1-4,7-12,17-21H,5-6,13-16,36-37H2,(H,38,39);2*1H. The number of amides is 1. The molecule has 0 unspecified atom stereocenters.